The maximum atomic E-state index is 5.75. The SMILES string of the molecule is CC1CCC(Cc2ccc3c(c2)OCCCO3)CN1. The summed E-state index contributed by atoms with van der Waals surface area (Å²) < 4.78 is 11.4. The van der Waals surface area contributed by atoms with E-state index in [9.17, 15) is 0 Å². The lowest BCUT2D eigenvalue weighted by Crippen LogP contribution is -2.37. The largest absolute Gasteiger partial charge is 0.490 e. The molecule has 0 bridgehead atoms. The van der Waals surface area contributed by atoms with Crippen LogP contribution in [-0.4, -0.2) is 25.8 Å². The highest BCUT2D eigenvalue weighted by molar-refractivity contribution is 5.43. The summed E-state index contributed by atoms with van der Waals surface area (Å²) in [7, 11) is 0. The van der Waals surface area contributed by atoms with Gasteiger partial charge in [0.1, 0.15) is 0 Å². The van der Waals surface area contributed by atoms with Crippen LogP contribution in [0, 0.1) is 5.92 Å². The zero-order valence-electron chi connectivity index (χ0n) is 11.7. The van der Waals surface area contributed by atoms with E-state index < -0.39 is 0 Å². The van der Waals surface area contributed by atoms with Crippen LogP contribution in [0.4, 0.5) is 0 Å². The van der Waals surface area contributed by atoms with Crippen molar-refractivity contribution in [2.75, 3.05) is 19.8 Å². The molecular formula is C16H23NO2. The summed E-state index contributed by atoms with van der Waals surface area (Å²) in [5, 5.41) is 3.57. The van der Waals surface area contributed by atoms with Gasteiger partial charge in [-0.25, -0.2) is 0 Å². The van der Waals surface area contributed by atoms with Gasteiger partial charge in [0.15, 0.2) is 11.5 Å². The molecule has 3 rings (SSSR count). The highest BCUT2D eigenvalue weighted by Crippen LogP contribution is 2.31. The number of nitrogens with one attached hydrogen (secondary N) is 1. The maximum absolute atomic E-state index is 5.75. The molecule has 0 aliphatic carbocycles. The molecule has 2 heterocycles. The molecule has 1 saturated heterocycles. The molecule has 1 fully saturated rings. The van der Waals surface area contributed by atoms with Crippen molar-refractivity contribution < 1.29 is 9.47 Å². The number of ether oxygens (including phenoxy) is 2. The fraction of sp³-hybridized carbons (Fsp3) is 0.625. The molecule has 19 heavy (non-hydrogen) atoms. The average molecular weight is 261 g/mol. The summed E-state index contributed by atoms with van der Waals surface area (Å²) in [6.45, 7) is 4.93. The van der Waals surface area contributed by atoms with Crippen LogP contribution >= 0.6 is 0 Å². The monoisotopic (exact) mass is 261 g/mol. The standard InChI is InChI=1S/C16H23NO2/c1-12-3-4-14(11-17-12)9-13-5-6-15-16(10-13)19-8-2-7-18-15/h5-6,10,12,14,17H,2-4,7-9,11H2,1H3. The minimum absolute atomic E-state index is 0.681. The molecule has 1 aromatic rings. The second-order valence-corrected chi connectivity index (χ2v) is 5.79. The van der Waals surface area contributed by atoms with Gasteiger partial charge in [0.25, 0.3) is 0 Å². The van der Waals surface area contributed by atoms with Crippen molar-refractivity contribution >= 4 is 0 Å². The van der Waals surface area contributed by atoms with Crippen molar-refractivity contribution in [3.8, 4) is 11.5 Å². The van der Waals surface area contributed by atoms with Crippen LogP contribution in [0.25, 0.3) is 0 Å². The minimum Gasteiger partial charge on any atom is -0.490 e. The van der Waals surface area contributed by atoms with Crippen LogP contribution in [0.15, 0.2) is 18.2 Å². The molecule has 104 valence electrons. The van der Waals surface area contributed by atoms with Crippen molar-refractivity contribution in [3.63, 3.8) is 0 Å². The Morgan fingerprint density at radius 3 is 2.79 bits per heavy atom. The van der Waals surface area contributed by atoms with Crippen LogP contribution in [0.5, 0.6) is 11.5 Å². The number of hydrogen-bond donors (Lipinski definition) is 1. The molecule has 0 aromatic heterocycles. The van der Waals surface area contributed by atoms with Crippen LogP contribution in [-0.2, 0) is 6.42 Å². The topological polar surface area (TPSA) is 30.5 Å². The molecule has 1 aromatic carbocycles. The van der Waals surface area contributed by atoms with Gasteiger partial charge < -0.3 is 14.8 Å². The fourth-order valence-electron chi connectivity index (χ4n) is 2.90. The number of benzene rings is 1. The Morgan fingerprint density at radius 1 is 1.16 bits per heavy atom. The first-order valence-corrected chi connectivity index (χ1v) is 7.43. The van der Waals surface area contributed by atoms with Crippen molar-refractivity contribution in [3.05, 3.63) is 23.8 Å². The number of rotatable bonds is 2. The first-order chi connectivity index (χ1) is 9.31. The van der Waals surface area contributed by atoms with Gasteiger partial charge in [-0.15, -0.1) is 0 Å². The molecule has 3 nitrogen and oxygen atoms in total. The van der Waals surface area contributed by atoms with E-state index in [0.717, 1.165) is 50.0 Å². The number of piperidine rings is 1. The third-order valence-electron chi connectivity index (χ3n) is 4.10. The third kappa shape index (κ3) is 3.21. The summed E-state index contributed by atoms with van der Waals surface area (Å²) in [4.78, 5) is 0. The van der Waals surface area contributed by atoms with Crippen LogP contribution in [0.2, 0.25) is 0 Å². The van der Waals surface area contributed by atoms with Crippen LogP contribution in [0.1, 0.15) is 31.7 Å². The van der Waals surface area contributed by atoms with Crippen LogP contribution < -0.4 is 14.8 Å². The van der Waals surface area contributed by atoms with Gasteiger partial charge in [0.05, 0.1) is 13.2 Å². The van der Waals surface area contributed by atoms with E-state index in [1.165, 1.54) is 18.4 Å². The average Bonchev–Trinajstić information content (AvgIpc) is 2.66. The van der Waals surface area contributed by atoms with Crippen molar-refractivity contribution in [1.82, 2.24) is 5.32 Å². The lowest BCUT2D eigenvalue weighted by atomic mass is 9.90. The van der Waals surface area contributed by atoms with Crippen LogP contribution in [0.3, 0.4) is 0 Å². The molecule has 2 aliphatic heterocycles. The predicted molar refractivity (Wildman–Crippen MR) is 75.9 cm³/mol. The van der Waals surface area contributed by atoms with Gasteiger partial charge in [-0.3, -0.25) is 0 Å². The number of fused-ring (bicyclic) bond motifs is 1. The van der Waals surface area contributed by atoms with E-state index in [4.69, 9.17) is 9.47 Å². The molecular weight excluding hydrogens is 238 g/mol. The summed E-state index contributed by atoms with van der Waals surface area (Å²) in [6, 6.07) is 7.10. The summed E-state index contributed by atoms with van der Waals surface area (Å²) in [5.74, 6) is 2.57. The Labute approximate surface area is 115 Å². The van der Waals surface area contributed by atoms with Gasteiger partial charge in [-0.1, -0.05) is 6.07 Å². The molecule has 2 atom stereocenters. The molecule has 2 aliphatic rings. The van der Waals surface area contributed by atoms with E-state index in [0.29, 0.717) is 6.04 Å². The van der Waals surface area contributed by atoms with Gasteiger partial charge in [-0.05, 0) is 56.3 Å². The quantitative estimate of drug-likeness (QED) is 0.888. The lowest BCUT2D eigenvalue weighted by molar-refractivity contribution is 0.296. The van der Waals surface area contributed by atoms with Crippen molar-refractivity contribution in [1.29, 1.82) is 0 Å². The molecule has 0 saturated carbocycles. The van der Waals surface area contributed by atoms with Gasteiger partial charge in [0.2, 0.25) is 0 Å². The van der Waals surface area contributed by atoms with Crippen molar-refractivity contribution in [2.45, 2.75) is 38.6 Å². The summed E-state index contributed by atoms with van der Waals surface area (Å²) >= 11 is 0. The van der Waals surface area contributed by atoms with Gasteiger partial charge in [-0.2, -0.15) is 0 Å². The Hall–Kier alpha value is -1.22. The summed E-state index contributed by atoms with van der Waals surface area (Å²) in [6.07, 6.45) is 4.71. The highest BCUT2D eigenvalue weighted by atomic mass is 16.5. The van der Waals surface area contributed by atoms with E-state index in [1.54, 1.807) is 0 Å². The zero-order chi connectivity index (χ0) is 13.1. The Balaban J connectivity index is 1.66. The predicted octanol–water partition coefficient (Wildman–Crippen LogP) is 2.78. The Bertz CT molecular complexity index is 425. The lowest BCUT2D eigenvalue weighted by Gasteiger charge is -2.27. The second kappa shape index (κ2) is 5.83. The third-order valence-corrected chi connectivity index (χ3v) is 4.10. The van der Waals surface area contributed by atoms with Gasteiger partial charge >= 0.3 is 0 Å². The maximum Gasteiger partial charge on any atom is 0.161 e. The fourth-order valence-corrected chi connectivity index (χ4v) is 2.90. The molecule has 2 unspecified atom stereocenters. The molecule has 0 spiro atoms. The van der Waals surface area contributed by atoms with Gasteiger partial charge in [0, 0.05) is 12.5 Å². The van der Waals surface area contributed by atoms with E-state index >= 15 is 0 Å². The Morgan fingerprint density at radius 2 is 2.00 bits per heavy atom. The van der Waals surface area contributed by atoms with E-state index in [-0.39, 0.29) is 0 Å². The highest BCUT2D eigenvalue weighted by Gasteiger charge is 2.19. The second-order valence-electron chi connectivity index (χ2n) is 5.79. The number of hydrogen-bond acceptors (Lipinski definition) is 3. The van der Waals surface area contributed by atoms with E-state index in [1.807, 2.05) is 0 Å². The first-order valence-electron chi connectivity index (χ1n) is 7.43. The molecule has 3 heteroatoms. The first kappa shape index (κ1) is 12.8. The van der Waals surface area contributed by atoms with E-state index in [2.05, 4.69) is 30.4 Å². The molecule has 0 radical (unpaired) electrons. The smallest absolute Gasteiger partial charge is 0.161 e. The Kier molecular flexibility index (Phi) is 3.92. The summed E-state index contributed by atoms with van der Waals surface area (Å²) in [5.41, 5.74) is 1.37. The zero-order valence-corrected chi connectivity index (χ0v) is 11.7. The van der Waals surface area contributed by atoms with Crippen molar-refractivity contribution in [2.24, 2.45) is 5.92 Å². The molecule has 1 N–H and O–H groups in total. The normalized spacial score (nSPS) is 26.8. The minimum atomic E-state index is 0.681. The molecule has 0 amide bonds.